The molecule has 0 aliphatic heterocycles. The second-order valence-electron chi connectivity index (χ2n) is 6.19. The number of hydrogen-bond acceptors (Lipinski definition) is 4. The van der Waals surface area contributed by atoms with Gasteiger partial charge in [0.25, 0.3) is 0 Å². The van der Waals surface area contributed by atoms with Crippen molar-refractivity contribution >= 4 is 47.0 Å². The van der Waals surface area contributed by atoms with Crippen LogP contribution in [0.25, 0.3) is 22.2 Å². The van der Waals surface area contributed by atoms with Gasteiger partial charge in [-0.15, -0.1) is 0 Å². The van der Waals surface area contributed by atoms with E-state index >= 15 is 0 Å². The van der Waals surface area contributed by atoms with E-state index < -0.39 is 11.6 Å². The lowest BCUT2D eigenvalue weighted by molar-refractivity contribution is 0.439. The highest BCUT2D eigenvalue weighted by molar-refractivity contribution is 14.2. The average Bonchev–Trinajstić information content (AvgIpc) is 3.07. The van der Waals surface area contributed by atoms with Crippen LogP contribution >= 0.6 is 30.3 Å². The van der Waals surface area contributed by atoms with E-state index in [1.54, 1.807) is 18.2 Å². The SMILES string of the molecule is Cc1cc(-c2cc(N)ccc2Oc2ccc(F)cc2F)c2ccn(SI)c2n1. The maximum atomic E-state index is 14.1. The van der Waals surface area contributed by atoms with E-state index in [2.05, 4.69) is 26.2 Å². The zero-order valence-corrected chi connectivity index (χ0v) is 17.6. The molecule has 4 rings (SSSR count). The van der Waals surface area contributed by atoms with Gasteiger partial charge in [-0.2, -0.15) is 0 Å². The summed E-state index contributed by atoms with van der Waals surface area (Å²) < 4.78 is 35.1. The van der Waals surface area contributed by atoms with Crippen molar-refractivity contribution in [3.05, 3.63) is 72.1 Å². The van der Waals surface area contributed by atoms with Gasteiger partial charge >= 0.3 is 0 Å². The molecule has 0 bridgehead atoms. The molecule has 0 fully saturated rings. The van der Waals surface area contributed by atoms with Crippen molar-refractivity contribution in [1.82, 2.24) is 8.96 Å². The van der Waals surface area contributed by atoms with E-state index in [9.17, 15) is 8.78 Å². The molecular formula is C20H14F2IN3OS. The number of halogens is 3. The molecule has 142 valence electrons. The molecule has 0 spiro atoms. The van der Waals surface area contributed by atoms with Crippen molar-refractivity contribution in [2.75, 3.05) is 5.73 Å². The number of benzene rings is 2. The number of nitrogens with zero attached hydrogens (tertiary/aromatic N) is 2. The van der Waals surface area contributed by atoms with Gasteiger partial charge in [0.15, 0.2) is 17.2 Å². The van der Waals surface area contributed by atoms with Gasteiger partial charge in [0.2, 0.25) is 0 Å². The molecule has 0 saturated heterocycles. The highest BCUT2D eigenvalue weighted by Gasteiger charge is 2.16. The smallest absolute Gasteiger partial charge is 0.168 e. The summed E-state index contributed by atoms with van der Waals surface area (Å²) in [7, 11) is 1.51. The number of fused-ring (bicyclic) bond motifs is 1. The lowest BCUT2D eigenvalue weighted by Gasteiger charge is -2.14. The van der Waals surface area contributed by atoms with E-state index in [0.717, 1.165) is 34.4 Å². The van der Waals surface area contributed by atoms with Crippen LogP contribution < -0.4 is 10.5 Å². The van der Waals surface area contributed by atoms with Gasteiger partial charge in [-0.1, -0.05) is 0 Å². The summed E-state index contributed by atoms with van der Waals surface area (Å²) in [5.41, 5.74) is 9.78. The first-order valence-corrected chi connectivity index (χ1v) is 11.6. The van der Waals surface area contributed by atoms with Crippen molar-refractivity contribution in [1.29, 1.82) is 0 Å². The van der Waals surface area contributed by atoms with Crippen LogP contribution in [-0.2, 0) is 0 Å². The summed E-state index contributed by atoms with van der Waals surface area (Å²) in [5, 5.41) is 0.921. The maximum absolute atomic E-state index is 14.1. The zero-order valence-electron chi connectivity index (χ0n) is 14.6. The van der Waals surface area contributed by atoms with Gasteiger partial charge < -0.3 is 10.5 Å². The molecule has 2 heterocycles. The number of hydrogen-bond donors (Lipinski definition) is 1. The first-order chi connectivity index (χ1) is 13.5. The van der Waals surface area contributed by atoms with Crippen LogP contribution in [0.1, 0.15) is 5.69 Å². The summed E-state index contributed by atoms with van der Waals surface area (Å²) >= 11 is 2.19. The average molecular weight is 509 g/mol. The van der Waals surface area contributed by atoms with Crippen LogP contribution in [0, 0.1) is 18.6 Å². The van der Waals surface area contributed by atoms with Gasteiger partial charge in [-0.25, -0.2) is 13.8 Å². The number of nitrogen functional groups attached to an aromatic ring is 1. The third kappa shape index (κ3) is 3.53. The molecule has 0 atom stereocenters. The fraction of sp³-hybridized carbons (Fsp3) is 0.0500. The monoisotopic (exact) mass is 509 g/mol. The topological polar surface area (TPSA) is 53.1 Å². The maximum Gasteiger partial charge on any atom is 0.168 e. The third-order valence-electron chi connectivity index (χ3n) is 4.23. The molecule has 4 aromatic rings. The van der Waals surface area contributed by atoms with Crippen molar-refractivity contribution in [3.63, 3.8) is 0 Å². The predicted octanol–water partition coefficient (Wildman–Crippen LogP) is 6.51. The molecule has 8 heteroatoms. The second kappa shape index (κ2) is 7.59. The minimum absolute atomic E-state index is 0.0603. The van der Waals surface area contributed by atoms with Crippen molar-refractivity contribution in [3.8, 4) is 22.6 Å². The second-order valence-corrected chi connectivity index (χ2v) is 7.90. The number of anilines is 1. The van der Waals surface area contributed by atoms with Gasteiger partial charge in [-0.05, 0) is 55.0 Å². The van der Waals surface area contributed by atoms with Crippen LogP contribution in [-0.4, -0.2) is 8.96 Å². The Balaban J connectivity index is 1.90. The van der Waals surface area contributed by atoms with Crippen LogP contribution in [0.2, 0.25) is 0 Å². The Bertz CT molecular complexity index is 1200. The van der Waals surface area contributed by atoms with E-state index in [1.165, 1.54) is 15.2 Å². The van der Waals surface area contributed by atoms with Crippen molar-refractivity contribution in [2.24, 2.45) is 0 Å². The summed E-state index contributed by atoms with van der Waals surface area (Å²) in [4.78, 5) is 4.62. The number of aryl methyl sites for hydroxylation is 1. The molecular weight excluding hydrogens is 495 g/mol. The number of pyridine rings is 1. The Morgan fingerprint density at radius 3 is 2.57 bits per heavy atom. The van der Waals surface area contributed by atoms with Crippen LogP contribution in [0.3, 0.4) is 0 Å². The van der Waals surface area contributed by atoms with Crippen LogP contribution in [0.15, 0.2) is 54.7 Å². The standard InChI is InChI=1S/C20H14F2IN3OS/c1-11-8-15(14-6-7-26(28-23)20(14)25-11)16-10-13(24)3-5-18(16)27-19-4-2-12(21)9-17(19)22/h2-10H,24H2,1H3. The molecule has 2 N–H and O–H groups in total. The quantitative estimate of drug-likeness (QED) is 0.252. The molecule has 2 aromatic carbocycles. The third-order valence-corrected chi connectivity index (χ3v) is 5.95. The van der Waals surface area contributed by atoms with Crippen LogP contribution in [0.4, 0.5) is 14.5 Å². The van der Waals surface area contributed by atoms with Crippen LogP contribution in [0.5, 0.6) is 11.5 Å². The number of aromatic nitrogens is 2. The molecule has 0 radical (unpaired) electrons. The fourth-order valence-corrected chi connectivity index (χ4v) is 4.28. The minimum atomic E-state index is -0.772. The Labute approximate surface area is 176 Å². The molecule has 4 nitrogen and oxygen atoms in total. The Morgan fingerprint density at radius 2 is 1.82 bits per heavy atom. The van der Waals surface area contributed by atoms with E-state index in [1.807, 2.05) is 29.2 Å². The van der Waals surface area contributed by atoms with Gasteiger partial charge in [-0.3, -0.25) is 3.97 Å². The predicted molar refractivity (Wildman–Crippen MR) is 118 cm³/mol. The molecule has 28 heavy (non-hydrogen) atoms. The van der Waals surface area contributed by atoms with Gasteiger partial charge in [0.05, 0.1) is 0 Å². The number of rotatable bonds is 4. The summed E-state index contributed by atoms with van der Waals surface area (Å²) in [6, 6.07) is 12.2. The molecule has 0 aliphatic rings. The molecule has 0 saturated carbocycles. The normalized spacial score (nSPS) is 11.1. The number of nitrogens with two attached hydrogens (primary N) is 1. The van der Waals surface area contributed by atoms with E-state index in [-0.39, 0.29) is 5.75 Å². The van der Waals surface area contributed by atoms with E-state index in [0.29, 0.717) is 17.0 Å². The van der Waals surface area contributed by atoms with Crippen molar-refractivity contribution in [2.45, 2.75) is 6.92 Å². The lowest BCUT2D eigenvalue weighted by atomic mass is 10.0. The Kier molecular flexibility index (Phi) is 5.15. The summed E-state index contributed by atoms with van der Waals surface area (Å²) in [5.74, 6) is -1.07. The molecule has 2 aromatic heterocycles. The zero-order chi connectivity index (χ0) is 19.8. The minimum Gasteiger partial charge on any atom is -0.454 e. The Hall–Kier alpha value is -2.33. The Morgan fingerprint density at radius 1 is 1.04 bits per heavy atom. The summed E-state index contributed by atoms with van der Waals surface area (Å²) in [6.45, 7) is 1.91. The fourth-order valence-electron chi connectivity index (χ4n) is 3.01. The van der Waals surface area contributed by atoms with Crippen molar-refractivity contribution < 1.29 is 13.5 Å². The van der Waals surface area contributed by atoms with Gasteiger partial charge in [0, 0.05) is 64.9 Å². The first kappa shape index (κ1) is 19.0. The highest BCUT2D eigenvalue weighted by Crippen LogP contribution is 2.40. The lowest BCUT2D eigenvalue weighted by Crippen LogP contribution is -1.96. The number of ether oxygens (including phenoxy) is 1. The molecule has 0 aliphatic carbocycles. The highest BCUT2D eigenvalue weighted by atomic mass is 127. The van der Waals surface area contributed by atoms with E-state index in [4.69, 9.17) is 10.5 Å². The summed E-state index contributed by atoms with van der Waals surface area (Å²) in [6.07, 6.45) is 1.93. The van der Waals surface area contributed by atoms with Gasteiger partial charge in [0.1, 0.15) is 11.6 Å². The largest absolute Gasteiger partial charge is 0.454 e. The molecule has 0 unspecified atom stereocenters. The molecule has 0 amide bonds. The first-order valence-electron chi connectivity index (χ1n) is 8.27.